The molecule has 0 saturated heterocycles. The van der Waals surface area contributed by atoms with Crippen LogP contribution in [0.1, 0.15) is 361 Å². The summed E-state index contributed by atoms with van der Waals surface area (Å²) in [5, 5.41) is 0. The quantitative estimate of drug-likeness (QED) is 0.0261. The molecule has 0 N–H and O–H groups in total. The molecule has 0 bridgehead atoms. The van der Waals surface area contributed by atoms with Crippen molar-refractivity contribution in [1.29, 1.82) is 0 Å². The van der Waals surface area contributed by atoms with Crippen molar-refractivity contribution in [3.8, 4) is 0 Å². The predicted octanol–water partition coefficient (Wildman–Crippen LogP) is 21.8. The van der Waals surface area contributed by atoms with E-state index in [1.807, 2.05) is 0 Å². The first kappa shape index (κ1) is 69.9. The van der Waals surface area contributed by atoms with E-state index in [1.165, 1.54) is 263 Å². The molecule has 0 aliphatic carbocycles. The smallest absolute Gasteiger partial charge is 0.306 e. The maximum atomic E-state index is 12.9. The molecule has 0 aliphatic heterocycles. The highest BCUT2D eigenvalue weighted by Gasteiger charge is 2.19. The molecule has 0 heterocycles. The summed E-state index contributed by atoms with van der Waals surface area (Å²) in [5.74, 6) is -0.846. The first-order valence-electron chi connectivity index (χ1n) is 32.3. The lowest BCUT2D eigenvalue weighted by molar-refractivity contribution is -0.167. The number of ether oxygens (including phenoxy) is 3. The van der Waals surface area contributed by atoms with Gasteiger partial charge in [-0.3, -0.25) is 14.4 Å². The Kier molecular flexibility index (Phi) is 59.6. The molecule has 0 saturated carbocycles. The standard InChI is InChI=1S/C66H124O6/c1-4-7-10-13-16-19-22-24-26-28-30-31-32-33-34-35-37-38-40-42-44-47-50-53-56-59-65(68)71-62-63(61-70-64(67)58-55-52-49-46-21-18-15-12-9-6-3)72-66(69)60-57-54-51-48-45-43-41-39-36-29-27-25-23-20-17-14-11-8-5-2/h25,27-28,30,63H,4-24,26,29,31-62H2,1-3H3/b27-25-,30-28-. The number of allylic oxidation sites excluding steroid dienone is 4. The summed E-state index contributed by atoms with van der Waals surface area (Å²) in [6.45, 7) is 6.68. The lowest BCUT2D eigenvalue weighted by Crippen LogP contribution is -2.30. The van der Waals surface area contributed by atoms with Gasteiger partial charge in [0.15, 0.2) is 6.10 Å². The number of hydrogen-bond acceptors (Lipinski definition) is 6. The van der Waals surface area contributed by atoms with Gasteiger partial charge < -0.3 is 14.2 Å². The fraction of sp³-hybridized carbons (Fsp3) is 0.894. The zero-order chi connectivity index (χ0) is 52.2. The predicted molar refractivity (Wildman–Crippen MR) is 312 cm³/mol. The largest absolute Gasteiger partial charge is 0.462 e. The Morgan fingerprint density at radius 2 is 0.458 bits per heavy atom. The number of esters is 3. The molecule has 0 spiro atoms. The van der Waals surface area contributed by atoms with Gasteiger partial charge in [-0.2, -0.15) is 0 Å². The maximum Gasteiger partial charge on any atom is 0.306 e. The van der Waals surface area contributed by atoms with Crippen LogP contribution in [0.4, 0.5) is 0 Å². The molecule has 0 fully saturated rings. The molecule has 0 aliphatic rings. The molecule has 0 aromatic carbocycles. The van der Waals surface area contributed by atoms with Crippen LogP contribution in [0.3, 0.4) is 0 Å². The van der Waals surface area contributed by atoms with Crippen LogP contribution in [0.15, 0.2) is 24.3 Å². The Balaban J connectivity index is 4.18. The third-order valence-corrected chi connectivity index (χ3v) is 14.7. The van der Waals surface area contributed by atoms with Gasteiger partial charge in [-0.1, -0.05) is 295 Å². The van der Waals surface area contributed by atoms with E-state index < -0.39 is 6.10 Å². The highest BCUT2D eigenvalue weighted by Crippen LogP contribution is 2.17. The zero-order valence-corrected chi connectivity index (χ0v) is 48.7. The van der Waals surface area contributed by atoms with Crippen molar-refractivity contribution in [2.24, 2.45) is 0 Å². The van der Waals surface area contributed by atoms with Gasteiger partial charge in [0.05, 0.1) is 0 Å². The van der Waals surface area contributed by atoms with E-state index in [0.29, 0.717) is 19.3 Å². The Bertz CT molecular complexity index is 1160. The normalized spacial score (nSPS) is 12.1. The van der Waals surface area contributed by atoms with Crippen molar-refractivity contribution in [3.63, 3.8) is 0 Å². The molecule has 0 rings (SSSR count). The highest BCUT2D eigenvalue weighted by atomic mass is 16.6. The van der Waals surface area contributed by atoms with Crippen LogP contribution in [0.25, 0.3) is 0 Å². The minimum Gasteiger partial charge on any atom is -0.462 e. The minimum absolute atomic E-state index is 0.0670. The van der Waals surface area contributed by atoms with Crippen molar-refractivity contribution in [3.05, 3.63) is 24.3 Å². The van der Waals surface area contributed by atoms with E-state index in [-0.39, 0.29) is 31.1 Å². The van der Waals surface area contributed by atoms with Gasteiger partial charge >= 0.3 is 17.9 Å². The van der Waals surface area contributed by atoms with Crippen LogP contribution in [0, 0.1) is 0 Å². The van der Waals surface area contributed by atoms with E-state index in [0.717, 1.165) is 57.8 Å². The fourth-order valence-corrected chi connectivity index (χ4v) is 9.79. The number of carbonyl (C=O) groups is 3. The maximum absolute atomic E-state index is 12.9. The number of unbranched alkanes of at least 4 members (excludes halogenated alkanes) is 45. The summed E-state index contributed by atoms with van der Waals surface area (Å²) in [4.78, 5) is 38.2. The van der Waals surface area contributed by atoms with Crippen molar-refractivity contribution in [2.75, 3.05) is 13.2 Å². The van der Waals surface area contributed by atoms with Gasteiger partial charge in [0, 0.05) is 19.3 Å². The lowest BCUT2D eigenvalue weighted by Gasteiger charge is -2.18. The topological polar surface area (TPSA) is 78.9 Å². The number of hydrogen-bond donors (Lipinski definition) is 0. The summed E-state index contributed by atoms with van der Waals surface area (Å²) >= 11 is 0. The summed E-state index contributed by atoms with van der Waals surface area (Å²) < 4.78 is 16.9. The monoisotopic (exact) mass is 1010 g/mol. The van der Waals surface area contributed by atoms with Crippen molar-refractivity contribution in [2.45, 2.75) is 367 Å². The van der Waals surface area contributed by atoms with Gasteiger partial charge in [0.2, 0.25) is 0 Å². The van der Waals surface area contributed by atoms with Gasteiger partial charge in [-0.15, -0.1) is 0 Å². The van der Waals surface area contributed by atoms with Crippen molar-refractivity contribution in [1.82, 2.24) is 0 Å². The van der Waals surface area contributed by atoms with Crippen LogP contribution in [0.5, 0.6) is 0 Å². The van der Waals surface area contributed by atoms with Crippen LogP contribution >= 0.6 is 0 Å². The third-order valence-electron chi connectivity index (χ3n) is 14.7. The summed E-state index contributed by atoms with van der Waals surface area (Å²) in [6, 6.07) is 0. The first-order chi connectivity index (χ1) is 35.5. The average Bonchev–Trinajstić information content (AvgIpc) is 3.38. The molecule has 1 atom stereocenters. The zero-order valence-electron chi connectivity index (χ0n) is 48.7. The van der Waals surface area contributed by atoms with Crippen LogP contribution < -0.4 is 0 Å². The Labute approximate surface area is 449 Å². The van der Waals surface area contributed by atoms with E-state index in [2.05, 4.69) is 45.1 Å². The van der Waals surface area contributed by atoms with E-state index in [9.17, 15) is 14.4 Å². The third kappa shape index (κ3) is 58.8. The number of rotatable bonds is 60. The summed E-state index contributed by atoms with van der Waals surface area (Å²) in [5.41, 5.74) is 0. The molecule has 6 heteroatoms. The van der Waals surface area contributed by atoms with Crippen LogP contribution in [0.2, 0.25) is 0 Å². The molecule has 0 aromatic heterocycles. The van der Waals surface area contributed by atoms with E-state index in [1.54, 1.807) is 0 Å². The molecule has 72 heavy (non-hydrogen) atoms. The molecule has 424 valence electrons. The minimum atomic E-state index is -0.768. The molecule has 0 aromatic rings. The second kappa shape index (κ2) is 61.4. The molecule has 6 nitrogen and oxygen atoms in total. The second-order valence-corrected chi connectivity index (χ2v) is 22.0. The molecular weight excluding hydrogens is 889 g/mol. The SMILES string of the molecule is CCCCCCCC/C=C\CCCCCCCCCCCC(=O)OC(COC(=O)CCCCCCCCCCCC)COC(=O)CCCCCCCCCCCCCCC/C=C\CCCCCCCCCC. The highest BCUT2D eigenvalue weighted by molar-refractivity contribution is 5.71. The van der Waals surface area contributed by atoms with E-state index >= 15 is 0 Å². The van der Waals surface area contributed by atoms with Crippen molar-refractivity contribution < 1.29 is 28.6 Å². The van der Waals surface area contributed by atoms with Gasteiger partial charge in [0.1, 0.15) is 13.2 Å². The molecule has 0 radical (unpaired) electrons. The first-order valence-corrected chi connectivity index (χ1v) is 32.3. The molecule has 1 unspecified atom stereocenters. The Hall–Kier alpha value is -2.11. The summed E-state index contributed by atoms with van der Waals surface area (Å²) in [7, 11) is 0. The van der Waals surface area contributed by atoms with Crippen LogP contribution in [-0.2, 0) is 28.6 Å². The molecule has 0 amide bonds. The summed E-state index contributed by atoms with van der Waals surface area (Å²) in [6.07, 6.45) is 73.4. The van der Waals surface area contributed by atoms with Gasteiger partial charge in [0.25, 0.3) is 0 Å². The Morgan fingerprint density at radius 1 is 0.264 bits per heavy atom. The van der Waals surface area contributed by atoms with E-state index in [4.69, 9.17) is 14.2 Å². The van der Waals surface area contributed by atoms with Gasteiger partial charge in [-0.05, 0) is 70.6 Å². The Morgan fingerprint density at radius 3 is 0.694 bits per heavy atom. The van der Waals surface area contributed by atoms with Crippen molar-refractivity contribution >= 4 is 17.9 Å². The number of carbonyl (C=O) groups excluding carboxylic acids is 3. The van der Waals surface area contributed by atoms with Crippen LogP contribution in [-0.4, -0.2) is 37.2 Å². The molecular formula is C66H124O6. The average molecular weight is 1010 g/mol. The fourth-order valence-electron chi connectivity index (χ4n) is 9.79. The second-order valence-electron chi connectivity index (χ2n) is 22.0. The van der Waals surface area contributed by atoms with Gasteiger partial charge in [-0.25, -0.2) is 0 Å². The lowest BCUT2D eigenvalue weighted by atomic mass is 10.0.